The second-order valence-corrected chi connectivity index (χ2v) is 7.95. The van der Waals surface area contributed by atoms with E-state index in [0.717, 1.165) is 0 Å². The molecule has 1 aliphatic heterocycles. The number of nitrogens with zero attached hydrogens (tertiary/aromatic N) is 1. The van der Waals surface area contributed by atoms with E-state index in [9.17, 15) is 9.50 Å². The summed E-state index contributed by atoms with van der Waals surface area (Å²) in [5.74, 6) is -0.431. The van der Waals surface area contributed by atoms with Crippen LogP contribution in [0.5, 0.6) is 0 Å². The van der Waals surface area contributed by atoms with Gasteiger partial charge in [-0.2, -0.15) is 0 Å². The fourth-order valence-electron chi connectivity index (χ4n) is 2.68. The maximum absolute atomic E-state index is 14.5. The van der Waals surface area contributed by atoms with Gasteiger partial charge in [0.1, 0.15) is 11.3 Å². The van der Waals surface area contributed by atoms with Crippen LogP contribution in [0.15, 0.2) is 24.4 Å². The van der Waals surface area contributed by atoms with Crippen LogP contribution in [-0.4, -0.2) is 28.4 Å². The predicted octanol–water partition coefficient (Wildman–Crippen LogP) is 2.90. The molecule has 4 nitrogen and oxygen atoms in total. The average molecular weight is 331 g/mol. The molecule has 128 valence electrons. The summed E-state index contributed by atoms with van der Waals surface area (Å²) in [5.41, 5.74) is -0.526. The molecule has 1 aromatic heterocycles. The van der Waals surface area contributed by atoms with E-state index in [1.807, 2.05) is 33.8 Å². The van der Waals surface area contributed by atoms with Gasteiger partial charge >= 0.3 is 7.12 Å². The molecular weight excluding hydrogens is 308 g/mol. The van der Waals surface area contributed by atoms with E-state index in [-0.39, 0.29) is 5.52 Å². The van der Waals surface area contributed by atoms with E-state index in [4.69, 9.17) is 9.31 Å². The Labute approximate surface area is 142 Å². The van der Waals surface area contributed by atoms with Gasteiger partial charge in [-0.1, -0.05) is 6.07 Å². The lowest BCUT2D eigenvalue weighted by Crippen LogP contribution is -2.41. The van der Waals surface area contributed by atoms with Crippen molar-refractivity contribution < 1.29 is 18.8 Å². The van der Waals surface area contributed by atoms with Gasteiger partial charge in [0.15, 0.2) is 0 Å². The molecule has 2 aromatic rings. The van der Waals surface area contributed by atoms with E-state index in [1.54, 1.807) is 19.9 Å². The fourth-order valence-corrected chi connectivity index (χ4v) is 2.68. The summed E-state index contributed by atoms with van der Waals surface area (Å²) in [4.78, 5) is 4.16. The Kier molecular flexibility index (Phi) is 3.79. The summed E-state index contributed by atoms with van der Waals surface area (Å²) in [5, 5.41) is 10.8. The number of aromatic nitrogens is 1. The molecule has 6 heteroatoms. The van der Waals surface area contributed by atoms with Crippen molar-refractivity contribution in [2.24, 2.45) is 0 Å². The number of benzene rings is 1. The molecule has 0 aliphatic carbocycles. The van der Waals surface area contributed by atoms with Crippen LogP contribution in [-0.2, 0) is 14.9 Å². The van der Waals surface area contributed by atoms with Gasteiger partial charge in [-0.25, -0.2) is 4.39 Å². The van der Waals surface area contributed by atoms with E-state index in [1.165, 1.54) is 12.3 Å². The first-order valence-electron chi connectivity index (χ1n) is 8.08. The molecule has 2 heterocycles. The lowest BCUT2D eigenvalue weighted by molar-refractivity contribution is 0.00578. The van der Waals surface area contributed by atoms with Gasteiger partial charge in [0.25, 0.3) is 0 Å². The minimum absolute atomic E-state index is 0.267. The number of pyridine rings is 1. The van der Waals surface area contributed by atoms with Crippen molar-refractivity contribution in [1.29, 1.82) is 0 Å². The Morgan fingerprint density at radius 2 is 1.67 bits per heavy atom. The normalized spacial score (nSPS) is 19.9. The van der Waals surface area contributed by atoms with Crippen LogP contribution < -0.4 is 5.46 Å². The minimum atomic E-state index is -1.04. The SMILES string of the molecule is CC(C)(O)c1cnc2c(F)cc(B3OC(C)(C)C(C)(C)O3)cc2c1. The minimum Gasteiger partial charge on any atom is -0.399 e. The molecule has 0 saturated carbocycles. The monoisotopic (exact) mass is 331 g/mol. The summed E-state index contributed by atoms with van der Waals surface area (Å²) >= 11 is 0. The Morgan fingerprint density at radius 3 is 2.21 bits per heavy atom. The summed E-state index contributed by atoms with van der Waals surface area (Å²) in [6.45, 7) is 11.2. The maximum atomic E-state index is 14.5. The first kappa shape index (κ1) is 17.3. The van der Waals surface area contributed by atoms with Gasteiger partial charge in [0.05, 0.1) is 16.8 Å². The molecule has 0 amide bonds. The molecule has 1 aliphatic rings. The number of hydrogen-bond acceptors (Lipinski definition) is 4. The van der Waals surface area contributed by atoms with Crippen molar-refractivity contribution in [3.63, 3.8) is 0 Å². The predicted molar refractivity (Wildman–Crippen MR) is 92.7 cm³/mol. The number of aliphatic hydroxyl groups is 1. The van der Waals surface area contributed by atoms with Gasteiger partial charge in [-0.05, 0) is 59.1 Å². The molecule has 0 bridgehead atoms. The quantitative estimate of drug-likeness (QED) is 0.860. The second-order valence-electron chi connectivity index (χ2n) is 7.95. The van der Waals surface area contributed by atoms with Gasteiger partial charge < -0.3 is 14.4 Å². The zero-order valence-electron chi connectivity index (χ0n) is 15.0. The second kappa shape index (κ2) is 5.25. The third-order valence-electron chi connectivity index (χ3n) is 4.99. The molecule has 0 atom stereocenters. The fraction of sp³-hybridized carbons (Fsp3) is 0.500. The summed E-state index contributed by atoms with van der Waals surface area (Å²) in [6, 6.07) is 4.96. The summed E-state index contributed by atoms with van der Waals surface area (Å²) in [7, 11) is -0.639. The van der Waals surface area contributed by atoms with Crippen molar-refractivity contribution in [3.05, 3.63) is 35.8 Å². The smallest absolute Gasteiger partial charge is 0.399 e. The highest BCUT2D eigenvalue weighted by Gasteiger charge is 2.51. The number of fused-ring (bicyclic) bond motifs is 1. The van der Waals surface area contributed by atoms with Crippen LogP contribution in [0.25, 0.3) is 10.9 Å². The van der Waals surface area contributed by atoms with E-state index in [0.29, 0.717) is 16.4 Å². The van der Waals surface area contributed by atoms with Crippen LogP contribution >= 0.6 is 0 Å². The Morgan fingerprint density at radius 1 is 1.08 bits per heavy atom. The van der Waals surface area contributed by atoms with Crippen LogP contribution in [0, 0.1) is 5.82 Å². The van der Waals surface area contributed by atoms with Crippen LogP contribution in [0.4, 0.5) is 4.39 Å². The topological polar surface area (TPSA) is 51.6 Å². The summed E-state index contributed by atoms with van der Waals surface area (Å²) < 4.78 is 26.5. The Hall–Kier alpha value is -1.50. The maximum Gasteiger partial charge on any atom is 0.494 e. The van der Waals surface area contributed by atoms with Crippen LogP contribution in [0.1, 0.15) is 47.1 Å². The third kappa shape index (κ3) is 2.83. The number of hydrogen-bond donors (Lipinski definition) is 1. The molecular formula is C18H23BFNO3. The molecule has 1 saturated heterocycles. The highest BCUT2D eigenvalue weighted by Crippen LogP contribution is 2.36. The van der Waals surface area contributed by atoms with E-state index >= 15 is 0 Å². The van der Waals surface area contributed by atoms with Crippen LogP contribution in [0.3, 0.4) is 0 Å². The lowest BCUT2D eigenvalue weighted by atomic mass is 9.78. The molecule has 1 N–H and O–H groups in total. The van der Waals surface area contributed by atoms with Gasteiger partial charge in [-0.3, -0.25) is 4.98 Å². The van der Waals surface area contributed by atoms with Gasteiger partial charge in [-0.15, -0.1) is 0 Å². The molecule has 0 spiro atoms. The van der Waals surface area contributed by atoms with Crippen molar-refractivity contribution in [3.8, 4) is 0 Å². The Bertz CT molecular complexity index is 783. The van der Waals surface area contributed by atoms with Crippen molar-refractivity contribution in [1.82, 2.24) is 4.98 Å². The highest BCUT2D eigenvalue weighted by atomic mass is 19.1. The molecule has 0 unspecified atom stereocenters. The Balaban J connectivity index is 2.07. The van der Waals surface area contributed by atoms with E-state index < -0.39 is 29.7 Å². The van der Waals surface area contributed by atoms with Crippen molar-refractivity contribution in [2.75, 3.05) is 0 Å². The first-order chi connectivity index (χ1) is 10.9. The van der Waals surface area contributed by atoms with Gasteiger partial charge in [0, 0.05) is 17.1 Å². The standard InChI is InChI=1S/C18H23BFNO3/c1-16(2,22)12-7-11-8-13(9-14(20)15(11)21-10-12)19-23-17(3,4)18(5,6)24-19/h7-10,22H,1-6H3. The molecule has 1 aromatic carbocycles. The highest BCUT2D eigenvalue weighted by molar-refractivity contribution is 6.62. The average Bonchev–Trinajstić information content (AvgIpc) is 2.66. The molecule has 1 fully saturated rings. The summed E-state index contributed by atoms with van der Waals surface area (Å²) in [6.07, 6.45) is 1.50. The van der Waals surface area contributed by atoms with Crippen molar-refractivity contribution in [2.45, 2.75) is 58.3 Å². The van der Waals surface area contributed by atoms with Gasteiger partial charge in [0.2, 0.25) is 0 Å². The number of rotatable bonds is 2. The lowest BCUT2D eigenvalue weighted by Gasteiger charge is -2.32. The molecule has 0 radical (unpaired) electrons. The van der Waals surface area contributed by atoms with E-state index in [2.05, 4.69) is 4.98 Å². The first-order valence-corrected chi connectivity index (χ1v) is 8.08. The zero-order valence-corrected chi connectivity index (χ0v) is 15.0. The zero-order chi connectivity index (χ0) is 17.9. The third-order valence-corrected chi connectivity index (χ3v) is 4.99. The number of halogens is 1. The van der Waals surface area contributed by atoms with Crippen LogP contribution in [0.2, 0.25) is 0 Å². The largest absolute Gasteiger partial charge is 0.494 e. The molecule has 24 heavy (non-hydrogen) atoms. The van der Waals surface area contributed by atoms with Crippen molar-refractivity contribution >= 4 is 23.5 Å². The molecule has 3 rings (SSSR count).